The van der Waals surface area contributed by atoms with Gasteiger partial charge in [-0.2, -0.15) is 5.10 Å². The fourth-order valence-electron chi connectivity index (χ4n) is 3.31. The molecule has 0 aliphatic carbocycles. The highest BCUT2D eigenvalue weighted by atomic mass is 16.1. The molecule has 1 amide bonds. The average molecular weight is 306 g/mol. The number of rotatable bonds is 5. The highest BCUT2D eigenvalue weighted by Gasteiger charge is 2.21. The van der Waals surface area contributed by atoms with Crippen LogP contribution in [-0.4, -0.2) is 46.3 Å². The molecule has 0 aromatic carbocycles. The SMILES string of the molecule is Cc1nn(C)c(C)c1CC(=O)NC[C@@H](C)N1CCC[C@@H](C)C1. The number of amides is 1. The lowest BCUT2D eigenvalue weighted by Gasteiger charge is -2.35. The minimum absolute atomic E-state index is 0.0936. The quantitative estimate of drug-likeness (QED) is 0.903. The monoisotopic (exact) mass is 306 g/mol. The summed E-state index contributed by atoms with van der Waals surface area (Å²) in [5.41, 5.74) is 3.08. The molecule has 0 unspecified atom stereocenters. The second-order valence-corrected chi connectivity index (χ2v) is 6.85. The molecule has 1 aromatic rings. The van der Waals surface area contributed by atoms with Crippen LogP contribution >= 0.6 is 0 Å². The Labute approximate surface area is 134 Å². The van der Waals surface area contributed by atoms with E-state index in [-0.39, 0.29) is 5.91 Å². The smallest absolute Gasteiger partial charge is 0.224 e. The molecule has 2 heterocycles. The van der Waals surface area contributed by atoms with Crippen molar-refractivity contribution >= 4 is 5.91 Å². The molecule has 5 nitrogen and oxygen atoms in total. The largest absolute Gasteiger partial charge is 0.354 e. The third-order valence-corrected chi connectivity index (χ3v) is 4.90. The molecule has 2 rings (SSSR count). The van der Waals surface area contributed by atoms with Crippen molar-refractivity contribution in [2.24, 2.45) is 13.0 Å². The first-order chi connectivity index (χ1) is 10.4. The third-order valence-electron chi connectivity index (χ3n) is 4.90. The van der Waals surface area contributed by atoms with Gasteiger partial charge in [0.15, 0.2) is 0 Å². The number of piperidine rings is 1. The van der Waals surface area contributed by atoms with Crippen molar-refractivity contribution in [2.45, 2.75) is 53.0 Å². The summed E-state index contributed by atoms with van der Waals surface area (Å²) >= 11 is 0. The molecule has 22 heavy (non-hydrogen) atoms. The third kappa shape index (κ3) is 4.09. The van der Waals surface area contributed by atoms with Gasteiger partial charge < -0.3 is 5.32 Å². The van der Waals surface area contributed by atoms with Crippen molar-refractivity contribution in [2.75, 3.05) is 19.6 Å². The molecule has 0 spiro atoms. The van der Waals surface area contributed by atoms with E-state index in [2.05, 4.69) is 29.2 Å². The van der Waals surface area contributed by atoms with E-state index >= 15 is 0 Å². The summed E-state index contributed by atoms with van der Waals surface area (Å²) in [7, 11) is 1.92. The standard InChI is InChI=1S/C17H30N4O/c1-12-7-6-8-21(11-12)13(2)10-18-17(22)9-16-14(3)19-20(5)15(16)4/h12-13H,6-11H2,1-5H3,(H,18,22)/t12-,13-/m1/s1. The molecule has 1 fully saturated rings. The van der Waals surface area contributed by atoms with E-state index in [9.17, 15) is 4.79 Å². The van der Waals surface area contributed by atoms with Gasteiger partial charge in [0, 0.05) is 37.4 Å². The molecule has 2 atom stereocenters. The van der Waals surface area contributed by atoms with Crippen LogP contribution in [0.15, 0.2) is 0 Å². The lowest BCUT2D eigenvalue weighted by atomic mass is 9.99. The molecular weight excluding hydrogens is 276 g/mol. The molecule has 5 heteroatoms. The van der Waals surface area contributed by atoms with Crippen molar-refractivity contribution in [1.29, 1.82) is 0 Å². The minimum atomic E-state index is 0.0936. The van der Waals surface area contributed by atoms with Gasteiger partial charge in [-0.15, -0.1) is 0 Å². The lowest BCUT2D eigenvalue weighted by Crippen LogP contribution is -2.46. The highest BCUT2D eigenvalue weighted by Crippen LogP contribution is 2.17. The van der Waals surface area contributed by atoms with Crippen molar-refractivity contribution < 1.29 is 4.79 Å². The fraction of sp³-hybridized carbons (Fsp3) is 0.765. The summed E-state index contributed by atoms with van der Waals surface area (Å²) < 4.78 is 1.84. The van der Waals surface area contributed by atoms with Gasteiger partial charge in [-0.1, -0.05) is 6.92 Å². The Bertz CT molecular complexity index is 523. The fourth-order valence-corrected chi connectivity index (χ4v) is 3.31. The maximum Gasteiger partial charge on any atom is 0.224 e. The topological polar surface area (TPSA) is 50.2 Å². The Morgan fingerprint density at radius 2 is 2.18 bits per heavy atom. The number of aromatic nitrogens is 2. The Balaban J connectivity index is 1.82. The highest BCUT2D eigenvalue weighted by molar-refractivity contribution is 5.79. The summed E-state index contributed by atoms with van der Waals surface area (Å²) in [6.07, 6.45) is 3.03. The lowest BCUT2D eigenvalue weighted by molar-refractivity contribution is -0.120. The summed E-state index contributed by atoms with van der Waals surface area (Å²) in [5.74, 6) is 0.865. The van der Waals surface area contributed by atoms with E-state index in [1.54, 1.807) is 0 Å². The molecule has 1 aromatic heterocycles. The maximum absolute atomic E-state index is 12.2. The van der Waals surface area contributed by atoms with Crippen LogP contribution in [0.5, 0.6) is 0 Å². The van der Waals surface area contributed by atoms with Gasteiger partial charge >= 0.3 is 0 Å². The zero-order valence-electron chi connectivity index (χ0n) is 14.6. The number of nitrogens with zero attached hydrogens (tertiary/aromatic N) is 3. The summed E-state index contributed by atoms with van der Waals surface area (Å²) in [6, 6.07) is 0.405. The van der Waals surface area contributed by atoms with Crippen LogP contribution in [0.4, 0.5) is 0 Å². The van der Waals surface area contributed by atoms with E-state index in [1.807, 2.05) is 25.6 Å². The van der Waals surface area contributed by atoms with Gasteiger partial charge in [-0.3, -0.25) is 14.4 Å². The molecule has 1 saturated heterocycles. The van der Waals surface area contributed by atoms with E-state index < -0.39 is 0 Å². The molecule has 124 valence electrons. The first-order valence-electron chi connectivity index (χ1n) is 8.38. The number of aryl methyl sites for hydroxylation is 2. The van der Waals surface area contributed by atoms with Crippen LogP contribution in [0, 0.1) is 19.8 Å². The Morgan fingerprint density at radius 3 is 2.77 bits per heavy atom. The number of carbonyl (C=O) groups is 1. The summed E-state index contributed by atoms with van der Waals surface area (Å²) in [6.45, 7) is 11.5. The Hall–Kier alpha value is -1.36. The zero-order chi connectivity index (χ0) is 16.3. The van der Waals surface area contributed by atoms with E-state index in [4.69, 9.17) is 0 Å². The molecule has 0 saturated carbocycles. The predicted octanol–water partition coefficient (Wildman–Crippen LogP) is 1.82. The first-order valence-corrected chi connectivity index (χ1v) is 8.38. The van der Waals surface area contributed by atoms with Crippen molar-refractivity contribution in [1.82, 2.24) is 20.0 Å². The molecular formula is C17H30N4O. The van der Waals surface area contributed by atoms with Crippen LogP contribution < -0.4 is 5.32 Å². The zero-order valence-corrected chi connectivity index (χ0v) is 14.6. The van der Waals surface area contributed by atoms with Gasteiger partial charge in [-0.05, 0) is 46.1 Å². The maximum atomic E-state index is 12.2. The van der Waals surface area contributed by atoms with Crippen LogP contribution in [0.1, 0.15) is 43.6 Å². The van der Waals surface area contributed by atoms with Gasteiger partial charge in [0.05, 0.1) is 12.1 Å². The molecule has 1 aliphatic heterocycles. The Morgan fingerprint density at radius 1 is 1.45 bits per heavy atom. The number of nitrogens with one attached hydrogen (secondary N) is 1. The van der Waals surface area contributed by atoms with E-state index in [1.165, 1.54) is 12.8 Å². The van der Waals surface area contributed by atoms with Crippen LogP contribution in [0.25, 0.3) is 0 Å². The second-order valence-electron chi connectivity index (χ2n) is 6.85. The Kier molecular flexibility index (Phi) is 5.62. The van der Waals surface area contributed by atoms with Crippen molar-refractivity contribution in [3.63, 3.8) is 0 Å². The van der Waals surface area contributed by atoms with Crippen molar-refractivity contribution in [3.8, 4) is 0 Å². The number of carbonyl (C=O) groups excluding carboxylic acids is 1. The molecule has 1 aliphatic rings. The normalized spacial score (nSPS) is 20.9. The van der Waals surface area contributed by atoms with Crippen LogP contribution in [-0.2, 0) is 18.3 Å². The van der Waals surface area contributed by atoms with Crippen LogP contribution in [0.2, 0.25) is 0 Å². The summed E-state index contributed by atoms with van der Waals surface area (Å²) in [4.78, 5) is 14.7. The van der Waals surface area contributed by atoms with Gasteiger partial charge in [0.25, 0.3) is 0 Å². The van der Waals surface area contributed by atoms with Crippen molar-refractivity contribution in [3.05, 3.63) is 17.0 Å². The van der Waals surface area contributed by atoms with Crippen LogP contribution in [0.3, 0.4) is 0 Å². The molecule has 0 radical (unpaired) electrons. The second kappa shape index (κ2) is 7.27. The molecule has 1 N–H and O–H groups in total. The van der Waals surface area contributed by atoms with E-state index in [0.717, 1.165) is 42.5 Å². The average Bonchev–Trinajstić information content (AvgIpc) is 2.71. The van der Waals surface area contributed by atoms with Gasteiger partial charge in [-0.25, -0.2) is 0 Å². The number of likely N-dealkylation sites (tertiary alicyclic amines) is 1. The van der Waals surface area contributed by atoms with Gasteiger partial charge in [0.1, 0.15) is 0 Å². The first kappa shape index (κ1) is 17.0. The molecule has 0 bridgehead atoms. The predicted molar refractivity (Wildman–Crippen MR) is 88.8 cm³/mol. The van der Waals surface area contributed by atoms with Gasteiger partial charge in [0.2, 0.25) is 5.91 Å². The van der Waals surface area contributed by atoms with E-state index in [0.29, 0.717) is 12.5 Å². The number of hydrogen-bond acceptors (Lipinski definition) is 3. The minimum Gasteiger partial charge on any atom is -0.354 e. The summed E-state index contributed by atoms with van der Waals surface area (Å²) in [5, 5.41) is 7.46. The number of hydrogen-bond donors (Lipinski definition) is 1.